The Balaban J connectivity index is 1.59. The molecule has 0 aromatic rings. The molecule has 3 N–H and O–H groups in total. The molecule has 15 heavy (non-hydrogen) atoms. The Kier molecular flexibility index (Phi) is 3.23. The average Bonchev–Trinajstić information content (AvgIpc) is 2.99. The van der Waals surface area contributed by atoms with Crippen LogP contribution >= 0.6 is 0 Å². The molecule has 1 saturated heterocycles. The van der Waals surface area contributed by atoms with Gasteiger partial charge in [-0.15, -0.1) is 0 Å². The lowest BCUT2D eigenvalue weighted by atomic mass is 10.3. The minimum Gasteiger partial charge on any atom is -0.379 e. The van der Waals surface area contributed by atoms with E-state index in [1.165, 1.54) is 0 Å². The molecule has 2 aliphatic rings. The summed E-state index contributed by atoms with van der Waals surface area (Å²) in [6.45, 7) is 5.11. The van der Waals surface area contributed by atoms with Crippen LogP contribution in [0, 0.1) is 0 Å². The Morgan fingerprint density at radius 3 is 2.67 bits per heavy atom. The van der Waals surface area contributed by atoms with Crippen LogP contribution < -0.4 is 11.1 Å². The molecule has 0 aromatic heterocycles. The van der Waals surface area contributed by atoms with Gasteiger partial charge in [-0.1, -0.05) is 0 Å². The Bertz CT molecular complexity index is 235. The first-order valence-corrected chi connectivity index (χ1v) is 5.58. The van der Waals surface area contributed by atoms with Gasteiger partial charge in [0.2, 0.25) is 5.91 Å². The van der Waals surface area contributed by atoms with Gasteiger partial charge in [0.15, 0.2) is 0 Å². The maximum Gasteiger partial charge on any atom is 0.240 e. The number of hydrogen-bond donors (Lipinski definition) is 2. The van der Waals surface area contributed by atoms with E-state index in [1.807, 2.05) is 0 Å². The number of carbonyl (C=O) groups excluding carboxylic acids is 1. The average molecular weight is 213 g/mol. The van der Waals surface area contributed by atoms with Crippen LogP contribution in [0.15, 0.2) is 0 Å². The fourth-order valence-corrected chi connectivity index (χ4v) is 1.69. The van der Waals surface area contributed by atoms with Gasteiger partial charge in [0.05, 0.1) is 18.8 Å². The van der Waals surface area contributed by atoms with E-state index in [1.54, 1.807) is 0 Å². The molecule has 86 valence electrons. The highest BCUT2D eigenvalue weighted by Crippen LogP contribution is 2.31. The Labute approximate surface area is 89.9 Å². The lowest BCUT2D eigenvalue weighted by molar-refractivity contribution is -0.123. The van der Waals surface area contributed by atoms with Gasteiger partial charge in [-0.2, -0.15) is 0 Å². The molecule has 0 atom stereocenters. The maximum absolute atomic E-state index is 11.5. The van der Waals surface area contributed by atoms with Gasteiger partial charge in [-0.3, -0.25) is 9.69 Å². The van der Waals surface area contributed by atoms with Crippen LogP contribution in [0.4, 0.5) is 0 Å². The standard InChI is InChI=1S/C10H19N3O2/c11-10(1-2-10)9(14)12-3-4-13-5-7-15-8-6-13/h1-8,11H2,(H,12,14). The molecule has 1 saturated carbocycles. The van der Waals surface area contributed by atoms with E-state index >= 15 is 0 Å². The van der Waals surface area contributed by atoms with Crippen LogP contribution in [0.25, 0.3) is 0 Å². The fraction of sp³-hybridized carbons (Fsp3) is 0.900. The summed E-state index contributed by atoms with van der Waals surface area (Å²) in [5, 5.41) is 2.89. The lowest BCUT2D eigenvalue weighted by Gasteiger charge is -2.26. The second kappa shape index (κ2) is 4.47. The van der Waals surface area contributed by atoms with Crippen LogP contribution in [0.2, 0.25) is 0 Å². The fourth-order valence-electron chi connectivity index (χ4n) is 1.69. The predicted molar refractivity (Wildman–Crippen MR) is 56.4 cm³/mol. The zero-order chi connectivity index (χ0) is 10.7. The summed E-state index contributed by atoms with van der Waals surface area (Å²) in [6, 6.07) is 0. The van der Waals surface area contributed by atoms with Crippen molar-refractivity contribution < 1.29 is 9.53 Å². The molecule has 1 heterocycles. The Morgan fingerprint density at radius 2 is 2.07 bits per heavy atom. The zero-order valence-corrected chi connectivity index (χ0v) is 9.00. The highest BCUT2D eigenvalue weighted by Gasteiger charge is 2.45. The van der Waals surface area contributed by atoms with Crippen molar-refractivity contribution in [1.29, 1.82) is 0 Å². The highest BCUT2D eigenvalue weighted by atomic mass is 16.5. The van der Waals surface area contributed by atoms with E-state index in [0.29, 0.717) is 6.54 Å². The van der Waals surface area contributed by atoms with Crippen molar-refractivity contribution >= 4 is 5.91 Å². The summed E-state index contributed by atoms with van der Waals surface area (Å²) in [6.07, 6.45) is 1.66. The summed E-state index contributed by atoms with van der Waals surface area (Å²) in [4.78, 5) is 13.8. The third-order valence-electron chi connectivity index (χ3n) is 3.06. The molecule has 2 rings (SSSR count). The van der Waals surface area contributed by atoms with E-state index in [0.717, 1.165) is 45.7 Å². The van der Waals surface area contributed by atoms with Crippen molar-refractivity contribution in [2.24, 2.45) is 5.73 Å². The van der Waals surface area contributed by atoms with Gasteiger partial charge in [0.1, 0.15) is 0 Å². The van der Waals surface area contributed by atoms with E-state index in [-0.39, 0.29) is 5.91 Å². The summed E-state index contributed by atoms with van der Waals surface area (Å²) < 4.78 is 5.24. The number of nitrogens with zero attached hydrogens (tertiary/aromatic N) is 1. The van der Waals surface area contributed by atoms with Crippen molar-refractivity contribution in [3.8, 4) is 0 Å². The molecule has 0 bridgehead atoms. The number of nitrogens with one attached hydrogen (secondary N) is 1. The van der Waals surface area contributed by atoms with Gasteiger partial charge in [0, 0.05) is 26.2 Å². The van der Waals surface area contributed by atoms with Crippen molar-refractivity contribution in [3.05, 3.63) is 0 Å². The number of amides is 1. The second-order valence-corrected chi connectivity index (χ2v) is 4.37. The monoisotopic (exact) mass is 213 g/mol. The molecule has 0 spiro atoms. The van der Waals surface area contributed by atoms with Crippen LogP contribution in [0.5, 0.6) is 0 Å². The van der Waals surface area contributed by atoms with Crippen LogP contribution in [-0.4, -0.2) is 55.7 Å². The first kappa shape index (κ1) is 10.9. The van der Waals surface area contributed by atoms with Gasteiger partial charge in [-0.05, 0) is 12.8 Å². The highest BCUT2D eigenvalue weighted by molar-refractivity contribution is 5.88. The first-order valence-electron chi connectivity index (χ1n) is 5.58. The van der Waals surface area contributed by atoms with Crippen LogP contribution in [0.3, 0.4) is 0 Å². The maximum atomic E-state index is 11.5. The summed E-state index contributed by atoms with van der Waals surface area (Å²) in [5.41, 5.74) is 5.23. The summed E-state index contributed by atoms with van der Waals surface area (Å²) >= 11 is 0. The molecule has 0 unspecified atom stereocenters. The van der Waals surface area contributed by atoms with Crippen LogP contribution in [0.1, 0.15) is 12.8 Å². The second-order valence-electron chi connectivity index (χ2n) is 4.37. The van der Waals surface area contributed by atoms with Gasteiger partial charge < -0.3 is 15.8 Å². The van der Waals surface area contributed by atoms with Crippen LogP contribution in [-0.2, 0) is 9.53 Å². The third kappa shape index (κ3) is 2.90. The Morgan fingerprint density at radius 1 is 1.40 bits per heavy atom. The molecular formula is C10H19N3O2. The predicted octanol–water partition coefficient (Wildman–Crippen LogP) is -1.07. The molecule has 2 fully saturated rings. The van der Waals surface area contributed by atoms with E-state index < -0.39 is 5.54 Å². The van der Waals surface area contributed by atoms with Crippen molar-refractivity contribution in [3.63, 3.8) is 0 Å². The molecule has 0 aromatic carbocycles. The number of nitrogens with two attached hydrogens (primary N) is 1. The van der Waals surface area contributed by atoms with Crippen molar-refractivity contribution in [2.75, 3.05) is 39.4 Å². The van der Waals surface area contributed by atoms with Gasteiger partial charge >= 0.3 is 0 Å². The molecule has 5 heteroatoms. The molecule has 1 aliphatic carbocycles. The van der Waals surface area contributed by atoms with E-state index in [2.05, 4.69) is 10.2 Å². The molecular weight excluding hydrogens is 194 g/mol. The minimum absolute atomic E-state index is 0.00996. The lowest BCUT2D eigenvalue weighted by Crippen LogP contribution is -2.46. The quantitative estimate of drug-likeness (QED) is 0.624. The minimum atomic E-state index is -0.537. The number of morpholine rings is 1. The molecule has 0 radical (unpaired) electrons. The summed E-state index contributed by atoms with van der Waals surface area (Å²) in [5.74, 6) is 0.00996. The van der Waals surface area contributed by atoms with Crippen molar-refractivity contribution in [1.82, 2.24) is 10.2 Å². The third-order valence-corrected chi connectivity index (χ3v) is 3.06. The zero-order valence-electron chi connectivity index (χ0n) is 9.00. The number of carbonyl (C=O) groups is 1. The largest absolute Gasteiger partial charge is 0.379 e. The first-order chi connectivity index (χ1) is 7.21. The normalized spacial score (nSPS) is 24.9. The smallest absolute Gasteiger partial charge is 0.240 e. The molecule has 1 aliphatic heterocycles. The van der Waals surface area contributed by atoms with Gasteiger partial charge in [0.25, 0.3) is 0 Å². The van der Waals surface area contributed by atoms with E-state index in [4.69, 9.17) is 10.5 Å². The number of hydrogen-bond acceptors (Lipinski definition) is 4. The molecule has 5 nitrogen and oxygen atoms in total. The number of rotatable bonds is 4. The SMILES string of the molecule is NC1(C(=O)NCCN2CCOCC2)CC1. The number of ether oxygens (including phenoxy) is 1. The van der Waals surface area contributed by atoms with Crippen molar-refractivity contribution in [2.45, 2.75) is 18.4 Å². The van der Waals surface area contributed by atoms with Gasteiger partial charge in [-0.25, -0.2) is 0 Å². The Hall–Kier alpha value is -0.650. The molecule has 1 amide bonds. The summed E-state index contributed by atoms with van der Waals surface area (Å²) in [7, 11) is 0. The van der Waals surface area contributed by atoms with E-state index in [9.17, 15) is 4.79 Å². The topological polar surface area (TPSA) is 67.6 Å².